The van der Waals surface area contributed by atoms with Gasteiger partial charge in [0.15, 0.2) is 11.6 Å². The molecule has 0 spiro atoms. The summed E-state index contributed by atoms with van der Waals surface area (Å²) >= 11 is 0. The van der Waals surface area contributed by atoms with Gasteiger partial charge in [0.1, 0.15) is 22.9 Å². The minimum Gasteiger partial charge on any atom is -0.326 e. The van der Waals surface area contributed by atoms with Crippen LogP contribution >= 0.6 is 0 Å². The van der Waals surface area contributed by atoms with E-state index in [1.807, 2.05) is 31.4 Å². The first-order chi connectivity index (χ1) is 18.0. The normalized spacial score (nSPS) is 15.6. The Labute approximate surface area is 220 Å². The summed E-state index contributed by atoms with van der Waals surface area (Å²) in [6, 6.07) is 6.76. The number of nitrogens with one attached hydrogen (secondary N) is 2. The molecule has 2 N–H and O–H groups in total. The molecule has 0 bridgehead atoms. The maximum absolute atomic E-state index is 15.0. The van der Waals surface area contributed by atoms with E-state index in [1.165, 1.54) is 12.3 Å². The van der Waals surface area contributed by atoms with E-state index in [0.29, 0.717) is 48.0 Å². The maximum Gasteiger partial charge on any atom is 0.229 e. The first-order valence-electron chi connectivity index (χ1n) is 12.4. The fourth-order valence-corrected chi connectivity index (χ4v) is 5.45. The summed E-state index contributed by atoms with van der Waals surface area (Å²) in [4.78, 5) is 19.6. The molecule has 0 aliphatic carbocycles. The lowest BCUT2D eigenvalue weighted by Gasteiger charge is -2.28. The number of hydrogen-bond acceptors (Lipinski definition) is 8. The number of benzene rings is 1. The molecule has 0 radical (unpaired) electrons. The summed E-state index contributed by atoms with van der Waals surface area (Å²) in [7, 11) is -2.52. The van der Waals surface area contributed by atoms with Gasteiger partial charge < -0.3 is 9.88 Å². The van der Waals surface area contributed by atoms with E-state index < -0.39 is 21.4 Å². The second-order valence-corrected chi connectivity index (χ2v) is 12.4. The van der Waals surface area contributed by atoms with E-state index in [4.69, 9.17) is 4.78 Å². The van der Waals surface area contributed by atoms with Crippen LogP contribution < -0.4 is 5.32 Å². The zero-order valence-electron chi connectivity index (χ0n) is 21.8. The number of halogens is 2. The molecule has 4 aromatic rings. The number of pyridine rings is 1. The number of fused-ring (bicyclic) bond motifs is 2. The third kappa shape index (κ3) is 5.37. The molecule has 0 saturated heterocycles. The van der Waals surface area contributed by atoms with E-state index in [2.05, 4.69) is 30.2 Å². The highest BCUT2D eigenvalue weighted by Gasteiger charge is 2.20. The highest BCUT2D eigenvalue weighted by Crippen LogP contribution is 2.30. The van der Waals surface area contributed by atoms with Crippen LogP contribution in [0.4, 0.5) is 20.5 Å². The Bertz CT molecular complexity index is 1630. The summed E-state index contributed by atoms with van der Waals surface area (Å²) in [5.74, 6) is 0.488. The molecule has 5 rings (SSSR count). The van der Waals surface area contributed by atoms with Gasteiger partial charge in [0, 0.05) is 65.1 Å². The van der Waals surface area contributed by atoms with Crippen LogP contribution in [0.3, 0.4) is 0 Å². The predicted octanol–water partition coefficient (Wildman–Crippen LogP) is 4.83. The van der Waals surface area contributed by atoms with Crippen molar-refractivity contribution in [1.82, 2.24) is 29.4 Å². The molecule has 9 nitrogen and oxygen atoms in total. The Hall–Kier alpha value is -3.51. The van der Waals surface area contributed by atoms with E-state index >= 15 is 0 Å². The summed E-state index contributed by atoms with van der Waals surface area (Å²) in [6.45, 7) is 7.82. The number of aryl methyl sites for hydroxylation is 1. The van der Waals surface area contributed by atoms with Gasteiger partial charge in [-0.3, -0.25) is 13.9 Å². The quantitative estimate of drug-likeness (QED) is 0.345. The molecule has 1 atom stereocenters. The van der Waals surface area contributed by atoms with Crippen molar-refractivity contribution in [2.75, 3.05) is 30.4 Å². The van der Waals surface area contributed by atoms with Gasteiger partial charge in [-0.2, -0.15) is 0 Å². The molecule has 3 aromatic heterocycles. The molecule has 0 amide bonds. The average molecular weight is 541 g/mol. The Morgan fingerprint density at radius 2 is 1.95 bits per heavy atom. The van der Waals surface area contributed by atoms with Crippen LogP contribution in [0.5, 0.6) is 0 Å². The minimum atomic E-state index is -2.52. The van der Waals surface area contributed by atoms with Gasteiger partial charge in [0.05, 0.1) is 11.7 Å². The number of aromatic nitrogens is 5. The third-order valence-corrected chi connectivity index (χ3v) is 7.58. The molecule has 1 aliphatic rings. The predicted molar refractivity (Wildman–Crippen MR) is 144 cm³/mol. The zero-order chi connectivity index (χ0) is 27.2. The van der Waals surface area contributed by atoms with Crippen LogP contribution in [-0.4, -0.2) is 58.7 Å². The second-order valence-electron chi connectivity index (χ2n) is 10.0. The smallest absolute Gasteiger partial charge is 0.229 e. The topological polar surface area (TPSA) is 113 Å². The second kappa shape index (κ2) is 9.99. The number of imidazole rings is 1. The van der Waals surface area contributed by atoms with Gasteiger partial charge in [-0.25, -0.2) is 28.7 Å². The molecule has 4 heterocycles. The van der Waals surface area contributed by atoms with Gasteiger partial charge in [-0.15, -0.1) is 0 Å². The van der Waals surface area contributed by atoms with Gasteiger partial charge in [0.25, 0.3) is 0 Å². The van der Waals surface area contributed by atoms with Crippen LogP contribution in [0, 0.1) is 23.3 Å². The van der Waals surface area contributed by atoms with Crippen molar-refractivity contribution in [3.8, 4) is 11.3 Å². The highest BCUT2D eigenvalue weighted by atomic mass is 32.2. The van der Waals surface area contributed by atoms with Crippen molar-refractivity contribution >= 4 is 32.5 Å². The fraction of sp³-hybridized carbons (Fsp3) is 0.385. The summed E-state index contributed by atoms with van der Waals surface area (Å²) < 4.78 is 51.0. The highest BCUT2D eigenvalue weighted by molar-refractivity contribution is 7.91. The number of hydrogen-bond donors (Lipinski definition) is 2. The molecule has 1 aliphatic heterocycles. The Balaban J connectivity index is 1.40. The molecule has 1 unspecified atom stereocenters. The van der Waals surface area contributed by atoms with Crippen molar-refractivity contribution < 1.29 is 13.0 Å². The Morgan fingerprint density at radius 1 is 1.16 bits per heavy atom. The van der Waals surface area contributed by atoms with Crippen LogP contribution in [0.2, 0.25) is 0 Å². The Kier molecular flexibility index (Phi) is 6.86. The third-order valence-electron chi connectivity index (χ3n) is 6.62. The summed E-state index contributed by atoms with van der Waals surface area (Å²) in [5.41, 5.74) is 3.09. The monoisotopic (exact) mass is 540 g/mol. The van der Waals surface area contributed by atoms with Crippen molar-refractivity contribution in [1.29, 1.82) is 4.78 Å². The molecular weight excluding hydrogens is 510 g/mol. The zero-order valence-corrected chi connectivity index (χ0v) is 22.6. The van der Waals surface area contributed by atoms with Crippen molar-refractivity contribution in [2.45, 2.75) is 39.8 Å². The van der Waals surface area contributed by atoms with Gasteiger partial charge in [-0.1, -0.05) is 6.07 Å². The lowest BCUT2D eigenvalue weighted by Crippen LogP contribution is -2.34. The molecule has 1 aromatic carbocycles. The maximum atomic E-state index is 15.0. The number of rotatable bonds is 7. The SMILES string of the molecule is Cc1nc2c(F)cc(-c3nc(Nc4ccc5c(n4)CCN(CCS(C)(=N)=O)C5)ncc3F)cc2n1C(C)C. The summed E-state index contributed by atoms with van der Waals surface area (Å²) in [6.07, 6.45) is 3.24. The van der Waals surface area contributed by atoms with Crippen LogP contribution in [0.1, 0.15) is 37.0 Å². The van der Waals surface area contributed by atoms with Crippen LogP contribution in [0.25, 0.3) is 22.3 Å². The fourth-order valence-electron chi connectivity index (χ4n) is 4.84. The van der Waals surface area contributed by atoms with Crippen LogP contribution in [-0.2, 0) is 22.7 Å². The summed E-state index contributed by atoms with van der Waals surface area (Å²) in [5, 5.41) is 3.05. The van der Waals surface area contributed by atoms with E-state index in [-0.39, 0.29) is 23.2 Å². The minimum absolute atomic E-state index is 0.0204. The van der Waals surface area contributed by atoms with Crippen molar-refractivity contribution in [3.63, 3.8) is 0 Å². The molecule has 12 heteroatoms. The molecule has 0 fully saturated rings. The average Bonchev–Trinajstić information content (AvgIpc) is 3.20. The first-order valence-corrected chi connectivity index (χ1v) is 14.5. The first kappa shape index (κ1) is 26.1. The molecule has 38 heavy (non-hydrogen) atoms. The lowest BCUT2D eigenvalue weighted by atomic mass is 10.1. The largest absolute Gasteiger partial charge is 0.326 e. The van der Waals surface area contributed by atoms with Gasteiger partial charge in [-0.05, 0) is 44.5 Å². The number of nitrogens with zero attached hydrogens (tertiary/aromatic N) is 6. The lowest BCUT2D eigenvalue weighted by molar-refractivity contribution is 0.267. The van der Waals surface area contributed by atoms with Gasteiger partial charge >= 0.3 is 0 Å². The molecular formula is C26H30F2N8OS. The van der Waals surface area contributed by atoms with Crippen molar-refractivity contribution in [3.05, 3.63) is 59.2 Å². The van der Waals surface area contributed by atoms with E-state index in [0.717, 1.165) is 24.0 Å². The van der Waals surface area contributed by atoms with Gasteiger partial charge in [0.2, 0.25) is 5.95 Å². The molecule has 0 saturated carbocycles. The number of anilines is 2. The Morgan fingerprint density at radius 3 is 2.68 bits per heavy atom. The standard InChI is InChI=1S/C26H30F2N8OS/c1-15(2)36-16(3)31-25-19(27)11-18(12-22(25)36)24-20(28)13-30-26(34-24)33-23-6-5-17-14-35(8-7-21(17)32-23)9-10-38(4,29)37/h5-6,11-13,15,29H,7-10,14H2,1-4H3,(H,30,32,33,34). The van der Waals surface area contributed by atoms with Crippen molar-refractivity contribution in [2.24, 2.45) is 0 Å². The van der Waals surface area contributed by atoms with Crippen LogP contribution in [0.15, 0.2) is 30.5 Å². The van der Waals surface area contributed by atoms with E-state index in [1.54, 1.807) is 12.1 Å². The van der Waals surface area contributed by atoms with E-state index in [9.17, 15) is 13.0 Å². The molecule has 200 valence electrons.